The van der Waals surface area contributed by atoms with Crippen LogP contribution in [0.1, 0.15) is 17.5 Å². The number of para-hydroxylation sites is 1. The van der Waals surface area contributed by atoms with Gasteiger partial charge >= 0.3 is 6.18 Å². The Morgan fingerprint density at radius 3 is 2.59 bits per heavy atom. The fourth-order valence-corrected chi connectivity index (χ4v) is 2.94. The Kier molecular flexibility index (Phi) is 6.87. The van der Waals surface area contributed by atoms with E-state index in [0.717, 1.165) is 23.4 Å². The van der Waals surface area contributed by atoms with E-state index >= 15 is 0 Å². The SMILES string of the molecule is COCCCNc1nc(NCCc2cccc(C(F)(F)F)c2)nc2ccccc12. The predicted octanol–water partition coefficient (Wildman–Crippen LogP) is 4.75. The van der Waals surface area contributed by atoms with Gasteiger partial charge in [-0.1, -0.05) is 30.3 Å². The van der Waals surface area contributed by atoms with Crippen molar-refractivity contribution in [2.45, 2.75) is 19.0 Å². The maximum absolute atomic E-state index is 12.8. The van der Waals surface area contributed by atoms with Gasteiger partial charge < -0.3 is 15.4 Å². The Balaban J connectivity index is 1.68. The average Bonchev–Trinajstić information content (AvgIpc) is 2.71. The van der Waals surface area contributed by atoms with E-state index in [1.165, 1.54) is 12.1 Å². The summed E-state index contributed by atoms with van der Waals surface area (Å²) in [5.41, 5.74) is 0.754. The largest absolute Gasteiger partial charge is 0.416 e. The number of hydrogen-bond donors (Lipinski definition) is 2. The Labute approximate surface area is 167 Å². The molecule has 3 aromatic rings. The lowest BCUT2D eigenvalue weighted by Gasteiger charge is -2.12. The molecule has 0 unspecified atom stereocenters. The molecule has 0 fully saturated rings. The van der Waals surface area contributed by atoms with Crippen molar-refractivity contribution < 1.29 is 17.9 Å². The number of rotatable bonds is 9. The monoisotopic (exact) mass is 404 g/mol. The van der Waals surface area contributed by atoms with Crippen LogP contribution in [0.15, 0.2) is 48.5 Å². The summed E-state index contributed by atoms with van der Waals surface area (Å²) in [4.78, 5) is 9.03. The van der Waals surface area contributed by atoms with Gasteiger partial charge in [0.05, 0.1) is 11.1 Å². The van der Waals surface area contributed by atoms with Crippen molar-refractivity contribution in [2.24, 2.45) is 0 Å². The molecule has 5 nitrogen and oxygen atoms in total. The molecule has 0 atom stereocenters. The fraction of sp³-hybridized carbons (Fsp3) is 0.333. The van der Waals surface area contributed by atoms with Gasteiger partial charge in [-0.15, -0.1) is 0 Å². The maximum atomic E-state index is 12.8. The van der Waals surface area contributed by atoms with Gasteiger partial charge in [0.1, 0.15) is 5.82 Å². The predicted molar refractivity (Wildman–Crippen MR) is 108 cm³/mol. The van der Waals surface area contributed by atoms with Crippen LogP contribution in [-0.4, -0.2) is 36.8 Å². The summed E-state index contributed by atoms with van der Waals surface area (Å²) in [6.45, 7) is 1.78. The van der Waals surface area contributed by atoms with E-state index in [-0.39, 0.29) is 0 Å². The van der Waals surface area contributed by atoms with Gasteiger partial charge in [0.25, 0.3) is 0 Å². The summed E-state index contributed by atoms with van der Waals surface area (Å²) in [6.07, 6.45) is -3.07. The van der Waals surface area contributed by atoms with E-state index < -0.39 is 11.7 Å². The summed E-state index contributed by atoms with van der Waals surface area (Å²) >= 11 is 0. The van der Waals surface area contributed by atoms with Gasteiger partial charge in [-0.2, -0.15) is 18.2 Å². The molecule has 0 aliphatic rings. The number of nitrogens with one attached hydrogen (secondary N) is 2. The molecule has 0 amide bonds. The van der Waals surface area contributed by atoms with Crippen molar-refractivity contribution in [1.29, 1.82) is 0 Å². The number of halogens is 3. The zero-order valence-corrected chi connectivity index (χ0v) is 16.1. The number of alkyl halides is 3. The lowest BCUT2D eigenvalue weighted by atomic mass is 10.1. The molecule has 1 heterocycles. The standard InChI is InChI=1S/C21H23F3N4O/c1-29-13-5-11-25-19-17-8-2-3-9-18(17)27-20(28-19)26-12-10-15-6-4-7-16(14-15)21(22,23)24/h2-4,6-9,14H,5,10-13H2,1H3,(H2,25,26,27,28). The van der Waals surface area contributed by atoms with E-state index in [9.17, 15) is 13.2 Å². The summed E-state index contributed by atoms with van der Waals surface area (Å²) in [5, 5.41) is 7.33. The summed E-state index contributed by atoms with van der Waals surface area (Å²) in [6, 6.07) is 13.0. The van der Waals surface area contributed by atoms with Crippen molar-refractivity contribution >= 4 is 22.7 Å². The van der Waals surface area contributed by atoms with E-state index in [2.05, 4.69) is 20.6 Å². The van der Waals surface area contributed by atoms with Crippen LogP contribution in [0, 0.1) is 0 Å². The molecule has 0 saturated heterocycles. The zero-order valence-electron chi connectivity index (χ0n) is 16.1. The molecule has 2 aromatic carbocycles. The number of methoxy groups -OCH3 is 1. The third-order valence-electron chi connectivity index (χ3n) is 4.37. The second-order valence-electron chi connectivity index (χ2n) is 6.56. The molecule has 0 spiro atoms. The lowest BCUT2D eigenvalue weighted by molar-refractivity contribution is -0.137. The van der Waals surface area contributed by atoms with Crippen molar-refractivity contribution in [2.75, 3.05) is 37.4 Å². The van der Waals surface area contributed by atoms with Crippen molar-refractivity contribution in [3.63, 3.8) is 0 Å². The van der Waals surface area contributed by atoms with Crippen molar-refractivity contribution in [1.82, 2.24) is 9.97 Å². The first-order chi connectivity index (χ1) is 14.0. The number of hydrogen-bond acceptors (Lipinski definition) is 5. The minimum Gasteiger partial charge on any atom is -0.385 e. The normalized spacial score (nSPS) is 11.6. The molecule has 2 N–H and O–H groups in total. The molecular weight excluding hydrogens is 381 g/mol. The highest BCUT2D eigenvalue weighted by atomic mass is 19.4. The number of fused-ring (bicyclic) bond motifs is 1. The van der Waals surface area contributed by atoms with Gasteiger partial charge in [-0.3, -0.25) is 0 Å². The number of anilines is 2. The minimum absolute atomic E-state index is 0.419. The Hall–Kier alpha value is -2.87. The first kappa shape index (κ1) is 20.9. The van der Waals surface area contributed by atoms with Crippen LogP contribution in [0.3, 0.4) is 0 Å². The second-order valence-corrected chi connectivity index (χ2v) is 6.56. The quantitative estimate of drug-likeness (QED) is 0.504. The van der Waals surface area contributed by atoms with E-state index in [1.807, 2.05) is 24.3 Å². The van der Waals surface area contributed by atoms with Gasteiger partial charge in [0.2, 0.25) is 5.95 Å². The number of ether oxygens (including phenoxy) is 1. The maximum Gasteiger partial charge on any atom is 0.416 e. The van der Waals surface area contributed by atoms with Crippen LogP contribution in [0.25, 0.3) is 10.9 Å². The van der Waals surface area contributed by atoms with E-state index in [1.54, 1.807) is 13.2 Å². The molecule has 0 aliphatic carbocycles. The highest BCUT2D eigenvalue weighted by Gasteiger charge is 2.30. The average molecular weight is 404 g/mol. The molecule has 29 heavy (non-hydrogen) atoms. The molecule has 1 aromatic heterocycles. The van der Waals surface area contributed by atoms with Gasteiger partial charge in [0.15, 0.2) is 0 Å². The summed E-state index contributed by atoms with van der Waals surface area (Å²) in [5.74, 6) is 1.15. The Morgan fingerprint density at radius 2 is 1.79 bits per heavy atom. The van der Waals surface area contributed by atoms with Gasteiger partial charge in [-0.25, -0.2) is 4.98 Å². The number of aromatic nitrogens is 2. The number of benzene rings is 2. The highest BCUT2D eigenvalue weighted by Crippen LogP contribution is 2.29. The zero-order chi connectivity index (χ0) is 20.7. The second kappa shape index (κ2) is 9.56. The Morgan fingerprint density at radius 1 is 0.966 bits per heavy atom. The topological polar surface area (TPSA) is 59.1 Å². The van der Waals surface area contributed by atoms with Crippen LogP contribution in [-0.2, 0) is 17.3 Å². The summed E-state index contributed by atoms with van der Waals surface area (Å²) < 4.78 is 43.6. The van der Waals surface area contributed by atoms with E-state index in [0.29, 0.717) is 43.4 Å². The fourth-order valence-electron chi connectivity index (χ4n) is 2.94. The lowest BCUT2D eigenvalue weighted by Crippen LogP contribution is -2.12. The minimum atomic E-state index is -4.34. The molecule has 8 heteroatoms. The highest BCUT2D eigenvalue weighted by molar-refractivity contribution is 5.89. The van der Waals surface area contributed by atoms with Crippen LogP contribution in [0.2, 0.25) is 0 Å². The summed E-state index contributed by atoms with van der Waals surface area (Å²) in [7, 11) is 1.66. The molecule has 0 saturated carbocycles. The first-order valence-electron chi connectivity index (χ1n) is 9.37. The third kappa shape index (κ3) is 5.80. The van der Waals surface area contributed by atoms with E-state index in [4.69, 9.17) is 4.74 Å². The van der Waals surface area contributed by atoms with Crippen LogP contribution in [0.5, 0.6) is 0 Å². The van der Waals surface area contributed by atoms with Crippen LogP contribution >= 0.6 is 0 Å². The van der Waals surface area contributed by atoms with Crippen LogP contribution in [0.4, 0.5) is 24.9 Å². The number of nitrogens with zero attached hydrogens (tertiary/aromatic N) is 2. The third-order valence-corrected chi connectivity index (χ3v) is 4.37. The van der Waals surface area contributed by atoms with Gasteiger partial charge in [-0.05, 0) is 36.6 Å². The molecule has 0 bridgehead atoms. The van der Waals surface area contributed by atoms with Crippen molar-refractivity contribution in [3.05, 3.63) is 59.7 Å². The molecule has 154 valence electrons. The smallest absolute Gasteiger partial charge is 0.385 e. The van der Waals surface area contributed by atoms with Crippen LogP contribution < -0.4 is 10.6 Å². The first-order valence-corrected chi connectivity index (χ1v) is 9.37. The molecule has 3 rings (SSSR count). The van der Waals surface area contributed by atoms with Gasteiger partial charge in [0, 0.05) is 32.2 Å². The molecule has 0 radical (unpaired) electrons. The Bertz CT molecular complexity index is 947. The van der Waals surface area contributed by atoms with Crippen molar-refractivity contribution in [3.8, 4) is 0 Å². The molecular formula is C21H23F3N4O. The molecule has 0 aliphatic heterocycles.